The second kappa shape index (κ2) is 18.4. The molecular formula is C43H47F4N11O8S. The van der Waals surface area contributed by atoms with Crippen LogP contribution in [0, 0.1) is 11.7 Å². The van der Waals surface area contributed by atoms with Crippen LogP contribution in [0.25, 0.3) is 11.3 Å². The Morgan fingerprint density at radius 3 is 2.31 bits per heavy atom. The first kappa shape index (κ1) is 47.1. The van der Waals surface area contributed by atoms with Gasteiger partial charge in [-0.3, -0.25) is 43.8 Å². The zero-order chi connectivity index (χ0) is 48.0. The standard InChI is InChI=1S/C43H47F4N11O8S/c1-42(2,64)24-57-23-26(19-49-57)37-31(43(45,46)47)20-48-41(53-37)51-33-6-4-28(18-32(33)44)67(65,66)50-21-36(60)56-11-9-25(10-12-56)22-54-13-15-55(16-14-54)27-3-5-29-30(17-27)40(63)58(39(29)62)34-7-8-35(59)52-38(34)61/h3-6,17-20,23,25,34,50,64H,7-16,21-22,24H2,1-2H3,(H,48,51,53)(H,52,59,61). The van der Waals surface area contributed by atoms with Gasteiger partial charge in [0.15, 0.2) is 0 Å². The topological polar surface area (TPSA) is 232 Å². The van der Waals surface area contributed by atoms with Gasteiger partial charge in [0.05, 0.1) is 52.3 Å². The van der Waals surface area contributed by atoms with Crippen molar-refractivity contribution < 1.29 is 55.1 Å². The van der Waals surface area contributed by atoms with Crippen LogP contribution >= 0.6 is 0 Å². The second-order valence-electron chi connectivity index (χ2n) is 17.6. The number of anilines is 3. The fraction of sp³-hybridized carbons (Fsp3) is 0.442. The van der Waals surface area contributed by atoms with Crippen LogP contribution < -0.4 is 20.3 Å². The molecule has 24 heteroatoms. The van der Waals surface area contributed by atoms with Crippen LogP contribution in [0.4, 0.5) is 34.9 Å². The van der Waals surface area contributed by atoms with Crippen LogP contribution in [0.15, 0.2) is 59.9 Å². The molecule has 2 aromatic carbocycles. The Labute approximate surface area is 381 Å². The molecule has 0 aliphatic carbocycles. The van der Waals surface area contributed by atoms with Gasteiger partial charge in [0.2, 0.25) is 33.7 Å². The maximum atomic E-state index is 15.3. The second-order valence-corrected chi connectivity index (χ2v) is 19.3. The van der Waals surface area contributed by atoms with Gasteiger partial charge in [-0.05, 0) is 75.4 Å². The van der Waals surface area contributed by atoms with Gasteiger partial charge in [0.1, 0.15) is 17.4 Å². The van der Waals surface area contributed by atoms with Crippen molar-refractivity contribution in [2.45, 2.75) is 68.8 Å². The lowest BCUT2D eigenvalue weighted by atomic mass is 9.96. The van der Waals surface area contributed by atoms with Crippen molar-refractivity contribution in [3.8, 4) is 11.3 Å². The quantitative estimate of drug-likeness (QED) is 0.112. The Morgan fingerprint density at radius 1 is 0.925 bits per heavy atom. The molecule has 67 heavy (non-hydrogen) atoms. The molecule has 0 bridgehead atoms. The Morgan fingerprint density at radius 2 is 1.64 bits per heavy atom. The van der Waals surface area contributed by atoms with Gasteiger partial charge < -0.3 is 20.2 Å². The van der Waals surface area contributed by atoms with E-state index in [9.17, 15) is 50.7 Å². The number of imide groups is 2. The number of hydrogen-bond donors (Lipinski definition) is 4. The molecule has 5 amide bonds. The highest BCUT2D eigenvalue weighted by Crippen LogP contribution is 2.37. The van der Waals surface area contributed by atoms with E-state index in [1.54, 1.807) is 23.1 Å². The van der Waals surface area contributed by atoms with Gasteiger partial charge in [-0.25, -0.2) is 27.5 Å². The summed E-state index contributed by atoms with van der Waals surface area (Å²) in [5.74, 6) is -3.90. The van der Waals surface area contributed by atoms with E-state index in [4.69, 9.17) is 0 Å². The highest BCUT2D eigenvalue weighted by Gasteiger charge is 2.45. The van der Waals surface area contributed by atoms with E-state index in [-0.39, 0.29) is 47.7 Å². The number of amides is 5. The van der Waals surface area contributed by atoms with Gasteiger partial charge in [-0.2, -0.15) is 18.3 Å². The minimum atomic E-state index is -4.85. The molecule has 356 valence electrons. The number of halogens is 4. The average Bonchev–Trinajstić information content (AvgIpc) is 3.83. The lowest BCUT2D eigenvalue weighted by Gasteiger charge is -2.39. The van der Waals surface area contributed by atoms with E-state index < -0.39 is 91.8 Å². The van der Waals surface area contributed by atoms with Crippen LogP contribution in [-0.4, -0.2) is 142 Å². The van der Waals surface area contributed by atoms with Crippen molar-refractivity contribution in [1.29, 1.82) is 0 Å². The summed E-state index contributed by atoms with van der Waals surface area (Å²) in [6, 6.07) is 6.83. The number of piperidine rings is 2. The van der Waals surface area contributed by atoms with Gasteiger partial charge in [0.25, 0.3) is 11.8 Å². The molecule has 1 unspecified atom stereocenters. The number of aromatic nitrogens is 4. The number of fused-ring (bicyclic) bond motifs is 1. The third-order valence-electron chi connectivity index (χ3n) is 12.1. The molecule has 3 fully saturated rings. The molecule has 19 nitrogen and oxygen atoms in total. The molecule has 4 aromatic rings. The summed E-state index contributed by atoms with van der Waals surface area (Å²) >= 11 is 0. The van der Waals surface area contributed by atoms with E-state index in [1.165, 1.54) is 24.7 Å². The lowest BCUT2D eigenvalue weighted by molar-refractivity contribution is -0.138. The summed E-state index contributed by atoms with van der Waals surface area (Å²) < 4.78 is 86.8. The molecule has 4 aliphatic rings. The summed E-state index contributed by atoms with van der Waals surface area (Å²) in [5.41, 5.74) is -2.11. The van der Waals surface area contributed by atoms with Crippen molar-refractivity contribution in [3.63, 3.8) is 0 Å². The predicted octanol–water partition coefficient (Wildman–Crippen LogP) is 2.75. The van der Waals surface area contributed by atoms with E-state index in [1.807, 2.05) is 0 Å². The highest BCUT2D eigenvalue weighted by atomic mass is 32.2. The summed E-state index contributed by atoms with van der Waals surface area (Å²) in [4.78, 5) is 77.7. The number of nitrogens with zero attached hydrogens (tertiary/aromatic N) is 8. The minimum Gasteiger partial charge on any atom is -0.389 e. The first-order chi connectivity index (χ1) is 31.6. The summed E-state index contributed by atoms with van der Waals surface area (Å²) in [7, 11) is -4.37. The van der Waals surface area contributed by atoms with Crippen LogP contribution in [0.5, 0.6) is 0 Å². The predicted molar refractivity (Wildman–Crippen MR) is 230 cm³/mol. The van der Waals surface area contributed by atoms with Crippen LogP contribution in [-0.2, 0) is 37.1 Å². The van der Waals surface area contributed by atoms with Gasteiger partial charge in [-0.15, -0.1) is 0 Å². The molecule has 2 aromatic heterocycles. The Kier molecular flexibility index (Phi) is 12.9. The number of benzene rings is 2. The number of piperazine rings is 1. The van der Waals surface area contributed by atoms with E-state index in [0.717, 1.165) is 48.6 Å². The minimum absolute atomic E-state index is 0.0212. The van der Waals surface area contributed by atoms with Crippen molar-refractivity contribution in [3.05, 3.63) is 77.5 Å². The first-order valence-corrected chi connectivity index (χ1v) is 23.0. The zero-order valence-electron chi connectivity index (χ0n) is 36.3. The third-order valence-corrected chi connectivity index (χ3v) is 13.5. The zero-order valence-corrected chi connectivity index (χ0v) is 37.2. The normalized spacial score (nSPS) is 19.0. The molecular weight excluding hydrogens is 907 g/mol. The average molecular weight is 954 g/mol. The Hall–Kier alpha value is -6.37. The SMILES string of the molecule is CC(C)(O)Cn1cc(-c2nc(Nc3ccc(S(=O)(=O)NCC(=O)N4CCC(CN5CCN(c6ccc7c(c6)C(=O)N(C6CCC(=O)NC6=O)C7=O)CC5)CC4)cc3F)ncc2C(F)(F)F)cn1. The molecule has 8 rings (SSSR count). The molecule has 4 aliphatic heterocycles. The number of carbonyl (C=O) groups is 5. The van der Waals surface area contributed by atoms with Crippen LogP contribution in [0.2, 0.25) is 0 Å². The number of alkyl halides is 3. The number of likely N-dealkylation sites (tertiary alicyclic amines) is 1. The maximum Gasteiger partial charge on any atom is 0.419 e. The molecule has 1 atom stereocenters. The fourth-order valence-electron chi connectivity index (χ4n) is 8.65. The van der Waals surface area contributed by atoms with Gasteiger partial charge in [-0.1, -0.05) is 0 Å². The van der Waals surface area contributed by atoms with Crippen molar-refractivity contribution in [1.82, 2.24) is 44.5 Å². The van der Waals surface area contributed by atoms with E-state index in [0.29, 0.717) is 51.3 Å². The number of nitrogens with one attached hydrogen (secondary N) is 3. The summed E-state index contributed by atoms with van der Waals surface area (Å²) in [6.07, 6.45) is -0.417. The molecule has 0 saturated carbocycles. The van der Waals surface area contributed by atoms with Gasteiger partial charge in [0, 0.05) is 75.9 Å². The number of sulfonamides is 1. The smallest absolute Gasteiger partial charge is 0.389 e. The molecule has 4 N–H and O–H groups in total. The number of carbonyl (C=O) groups excluding carboxylic acids is 5. The van der Waals surface area contributed by atoms with Gasteiger partial charge >= 0.3 is 6.18 Å². The molecule has 0 spiro atoms. The summed E-state index contributed by atoms with van der Waals surface area (Å²) in [6.45, 7) is 6.81. The van der Waals surface area contributed by atoms with Crippen LogP contribution in [0.3, 0.4) is 0 Å². The molecule has 0 radical (unpaired) electrons. The molecule has 3 saturated heterocycles. The lowest BCUT2D eigenvalue weighted by Crippen LogP contribution is -2.54. The van der Waals surface area contributed by atoms with Crippen molar-refractivity contribution >= 4 is 56.9 Å². The monoisotopic (exact) mass is 953 g/mol. The number of rotatable bonds is 13. The van der Waals surface area contributed by atoms with E-state index in [2.05, 4.69) is 40.2 Å². The largest absolute Gasteiger partial charge is 0.419 e. The number of hydrogen-bond acceptors (Lipinski definition) is 14. The summed E-state index contributed by atoms with van der Waals surface area (Å²) in [5, 5.41) is 18.8. The Balaban J connectivity index is 0.796. The maximum absolute atomic E-state index is 15.3. The molecule has 6 heterocycles. The highest BCUT2D eigenvalue weighted by molar-refractivity contribution is 7.89. The third kappa shape index (κ3) is 10.5. The van der Waals surface area contributed by atoms with E-state index >= 15 is 4.39 Å². The van der Waals surface area contributed by atoms with Crippen molar-refractivity contribution in [2.75, 3.05) is 62.6 Å². The fourth-order valence-corrected chi connectivity index (χ4v) is 9.64. The first-order valence-electron chi connectivity index (χ1n) is 21.5. The van der Waals surface area contributed by atoms with Crippen LogP contribution in [0.1, 0.15) is 65.8 Å². The Bertz CT molecular complexity index is 2730. The van der Waals surface area contributed by atoms with Crippen molar-refractivity contribution in [2.24, 2.45) is 5.92 Å². The number of aliphatic hydroxyl groups is 1.